The Bertz CT molecular complexity index is 1020. The number of para-hydroxylation sites is 2. The van der Waals surface area contributed by atoms with Gasteiger partial charge in [-0.2, -0.15) is 0 Å². The van der Waals surface area contributed by atoms with E-state index in [9.17, 15) is 9.59 Å². The molecule has 32 heavy (non-hydrogen) atoms. The highest BCUT2D eigenvalue weighted by molar-refractivity contribution is 6.01. The summed E-state index contributed by atoms with van der Waals surface area (Å²) in [7, 11) is 1.59. The first-order valence-corrected chi connectivity index (χ1v) is 11.3. The fourth-order valence-electron chi connectivity index (χ4n) is 4.96. The molecular formula is C25H28N2O5. The van der Waals surface area contributed by atoms with Gasteiger partial charge in [0.05, 0.1) is 38.0 Å². The van der Waals surface area contributed by atoms with Crippen molar-refractivity contribution in [3.05, 3.63) is 48.0 Å². The first-order chi connectivity index (χ1) is 15.7. The average Bonchev–Trinajstić information content (AvgIpc) is 3.39. The molecule has 2 saturated heterocycles. The molecule has 0 spiro atoms. The molecular weight excluding hydrogens is 408 g/mol. The molecule has 2 amide bonds. The standard InChI is InChI=1S/C25H28N2O5/c1-30-21-8-3-2-6-20(21)27-16-18(15-24(27)28)25(29)26-11-4-7-19(26)17-9-10-22-23(14-17)32-13-5-12-31-22/h2-3,6,8-10,14,18-19H,4-5,7,11-13,15-16H2,1H3/t18-,19-/m0/s1. The van der Waals surface area contributed by atoms with Crippen LogP contribution in [0.1, 0.15) is 37.3 Å². The van der Waals surface area contributed by atoms with E-state index in [1.165, 1.54) is 0 Å². The van der Waals surface area contributed by atoms with Gasteiger partial charge in [-0.15, -0.1) is 0 Å². The fraction of sp³-hybridized carbons (Fsp3) is 0.440. The van der Waals surface area contributed by atoms with Crippen molar-refractivity contribution in [1.82, 2.24) is 4.90 Å². The molecule has 3 aliphatic rings. The number of ether oxygens (including phenoxy) is 3. The molecule has 0 aliphatic carbocycles. The third-order valence-corrected chi connectivity index (χ3v) is 6.54. The molecule has 2 atom stereocenters. The topological polar surface area (TPSA) is 68.3 Å². The Morgan fingerprint density at radius 2 is 1.88 bits per heavy atom. The number of carbonyl (C=O) groups excluding carboxylic acids is 2. The molecule has 0 saturated carbocycles. The van der Waals surface area contributed by atoms with E-state index in [4.69, 9.17) is 14.2 Å². The summed E-state index contributed by atoms with van der Waals surface area (Å²) in [6, 6.07) is 13.4. The van der Waals surface area contributed by atoms with Crippen molar-refractivity contribution in [2.75, 3.05) is 38.3 Å². The highest BCUT2D eigenvalue weighted by Crippen LogP contribution is 2.40. The van der Waals surface area contributed by atoms with Gasteiger partial charge in [-0.05, 0) is 42.7 Å². The number of fused-ring (bicyclic) bond motifs is 1. The SMILES string of the molecule is COc1ccccc1N1C[C@@H](C(=O)N2CCC[C@H]2c2ccc3c(c2)OCCCO3)CC1=O. The van der Waals surface area contributed by atoms with Crippen LogP contribution in [0.2, 0.25) is 0 Å². The van der Waals surface area contributed by atoms with Crippen LogP contribution >= 0.6 is 0 Å². The smallest absolute Gasteiger partial charge is 0.228 e. The van der Waals surface area contributed by atoms with E-state index in [1.54, 1.807) is 12.0 Å². The average molecular weight is 437 g/mol. The Labute approximate surface area is 187 Å². The number of benzene rings is 2. The highest BCUT2D eigenvalue weighted by Gasteiger charge is 2.41. The quantitative estimate of drug-likeness (QED) is 0.733. The lowest BCUT2D eigenvalue weighted by atomic mass is 10.0. The summed E-state index contributed by atoms with van der Waals surface area (Å²) in [6.07, 6.45) is 2.93. The van der Waals surface area contributed by atoms with Gasteiger partial charge in [-0.25, -0.2) is 0 Å². The van der Waals surface area contributed by atoms with E-state index in [2.05, 4.69) is 0 Å². The van der Waals surface area contributed by atoms with Crippen LogP contribution in [-0.2, 0) is 9.59 Å². The minimum absolute atomic E-state index is 0.00457. The number of anilines is 1. The monoisotopic (exact) mass is 436 g/mol. The van der Waals surface area contributed by atoms with Crippen LogP contribution in [-0.4, -0.2) is 50.1 Å². The Balaban J connectivity index is 1.34. The number of rotatable bonds is 4. The summed E-state index contributed by atoms with van der Waals surface area (Å²) in [4.78, 5) is 29.9. The predicted molar refractivity (Wildman–Crippen MR) is 119 cm³/mol. The Hall–Kier alpha value is -3.22. The van der Waals surface area contributed by atoms with Crippen LogP contribution in [0.15, 0.2) is 42.5 Å². The lowest BCUT2D eigenvalue weighted by Crippen LogP contribution is -2.37. The van der Waals surface area contributed by atoms with E-state index in [0.29, 0.717) is 32.1 Å². The molecule has 7 nitrogen and oxygen atoms in total. The first kappa shape index (κ1) is 20.7. The molecule has 3 heterocycles. The zero-order chi connectivity index (χ0) is 22.1. The first-order valence-electron chi connectivity index (χ1n) is 11.3. The molecule has 3 aliphatic heterocycles. The second-order valence-electron chi connectivity index (χ2n) is 8.52. The molecule has 0 aromatic heterocycles. The molecule has 7 heteroatoms. The van der Waals surface area contributed by atoms with Gasteiger partial charge in [0.15, 0.2) is 11.5 Å². The van der Waals surface area contributed by atoms with Crippen molar-refractivity contribution >= 4 is 17.5 Å². The molecule has 0 bridgehead atoms. The maximum atomic E-state index is 13.5. The van der Waals surface area contributed by atoms with E-state index >= 15 is 0 Å². The summed E-state index contributed by atoms with van der Waals surface area (Å²) in [5.74, 6) is 1.80. The largest absolute Gasteiger partial charge is 0.495 e. The zero-order valence-corrected chi connectivity index (χ0v) is 18.3. The van der Waals surface area contributed by atoms with Crippen LogP contribution in [0.3, 0.4) is 0 Å². The minimum atomic E-state index is -0.353. The molecule has 0 radical (unpaired) electrons. The van der Waals surface area contributed by atoms with Gasteiger partial charge in [0.25, 0.3) is 0 Å². The third-order valence-electron chi connectivity index (χ3n) is 6.54. The second-order valence-corrected chi connectivity index (χ2v) is 8.52. The van der Waals surface area contributed by atoms with Gasteiger partial charge < -0.3 is 24.0 Å². The number of methoxy groups -OCH3 is 1. The third kappa shape index (κ3) is 3.76. The molecule has 5 rings (SSSR count). The second kappa shape index (κ2) is 8.73. The van der Waals surface area contributed by atoms with Crippen molar-refractivity contribution in [1.29, 1.82) is 0 Å². The molecule has 0 unspecified atom stereocenters. The van der Waals surface area contributed by atoms with Gasteiger partial charge >= 0.3 is 0 Å². The van der Waals surface area contributed by atoms with Crippen molar-refractivity contribution in [3.8, 4) is 17.2 Å². The zero-order valence-electron chi connectivity index (χ0n) is 18.3. The molecule has 2 aromatic carbocycles. The van der Waals surface area contributed by atoms with Gasteiger partial charge in [0.2, 0.25) is 11.8 Å². The van der Waals surface area contributed by atoms with Crippen molar-refractivity contribution in [2.24, 2.45) is 5.92 Å². The summed E-state index contributed by atoms with van der Waals surface area (Å²) >= 11 is 0. The lowest BCUT2D eigenvalue weighted by molar-refractivity contribution is -0.136. The van der Waals surface area contributed by atoms with Crippen LogP contribution in [0, 0.1) is 5.92 Å². The van der Waals surface area contributed by atoms with Crippen LogP contribution < -0.4 is 19.1 Å². The molecule has 0 N–H and O–H groups in total. The maximum Gasteiger partial charge on any atom is 0.228 e. The fourth-order valence-corrected chi connectivity index (χ4v) is 4.96. The van der Waals surface area contributed by atoms with Crippen LogP contribution in [0.5, 0.6) is 17.2 Å². The Kier molecular flexibility index (Phi) is 5.64. The number of amides is 2. The summed E-state index contributed by atoms with van der Waals surface area (Å²) < 4.78 is 17.0. The van der Waals surface area contributed by atoms with Crippen molar-refractivity contribution in [2.45, 2.75) is 31.7 Å². The number of nitrogens with zero attached hydrogens (tertiary/aromatic N) is 2. The lowest BCUT2D eigenvalue weighted by Gasteiger charge is -2.28. The number of carbonyl (C=O) groups is 2. The predicted octanol–water partition coefficient (Wildman–Crippen LogP) is 3.57. The molecule has 2 fully saturated rings. The van der Waals surface area contributed by atoms with E-state index in [-0.39, 0.29) is 30.2 Å². The molecule has 2 aromatic rings. The Morgan fingerprint density at radius 1 is 1.06 bits per heavy atom. The number of hydrogen-bond acceptors (Lipinski definition) is 5. The van der Waals surface area contributed by atoms with E-state index in [1.807, 2.05) is 47.4 Å². The van der Waals surface area contributed by atoms with Gasteiger partial charge in [-0.3, -0.25) is 9.59 Å². The summed E-state index contributed by atoms with van der Waals surface area (Å²) in [5.41, 5.74) is 1.78. The van der Waals surface area contributed by atoms with E-state index in [0.717, 1.165) is 42.0 Å². The van der Waals surface area contributed by atoms with E-state index < -0.39 is 0 Å². The normalized spacial score (nSPS) is 22.7. The van der Waals surface area contributed by atoms with Crippen molar-refractivity contribution < 1.29 is 23.8 Å². The minimum Gasteiger partial charge on any atom is -0.495 e. The van der Waals surface area contributed by atoms with Crippen LogP contribution in [0.4, 0.5) is 5.69 Å². The van der Waals surface area contributed by atoms with Crippen LogP contribution in [0.25, 0.3) is 0 Å². The highest BCUT2D eigenvalue weighted by atomic mass is 16.5. The number of hydrogen-bond donors (Lipinski definition) is 0. The summed E-state index contributed by atoms with van der Waals surface area (Å²) in [5, 5.41) is 0. The van der Waals surface area contributed by atoms with Crippen molar-refractivity contribution in [3.63, 3.8) is 0 Å². The number of likely N-dealkylation sites (tertiary alicyclic amines) is 1. The Morgan fingerprint density at radius 3 is 2.72 bits per heavy atom. The van der Waals surface area contributed by atoms with Gasteiger partial charge in [0.1, 0.15) is 5.75 Å². The molecule has 168 valence electrons. The maximum absolute atomic E-state index is 13.5. The van der Waals surface area contributed by atoms with Gasteiger partial charge in [-0.1, -0.05) is 18.2 Å². The summed E-state index contributed by atoms with van der Waals surface area (Å²) in [6.45, 7) is 2.37. The van der Waals surface area contributed by atoms with Gasteiger partial charge in [0, 0.05) is 25.9 Å².